The molecule has 0 aromatic heterocycles. The van der Waals surface area contributed by atoms with Crippen LogP contribution in [0.25, 0.3) is 0 Å². The number of hydrogen-bond donors (Lipinski definition) is 1. The Morgan fingerprint density at radius 1 is 1.17 bits per heavy atom. The van der Waals surface area contributed by atoms with Crippen LogP contribution in [-0.4, -0.2) is 0 Å². The van der Waals surface area contributed by atoms with Gasteiger partial charge in [-0.25, -0.2) is 0 Å². The van der Waals surface area contributed by atoms with E-state index >= 15 is 0 Å². The van der Waals surface area contributed by atoms with E-state index in [4.69, 9.17) is 26.3 Å². The van der Waals surface area contributed by atoms with E-state index in [2.05, 4.69) is 0 Å². The predicted molar refractivity (Wildman–Crippen MR) is 61.4 cm³/mol. The average molecular weight is 236 g/mol. The lowest BCUT2D eigenvalue weighted by atomic mass is 9.80. The summed E-state index contributed by atoms with van der Waals surface area (Å²) in [5.74, 6) is -1.19. The van der Waals surface area contributed by atoms with Crippen LogP contribution in [0, 0.1) is 39.9 Å². The van der Waals surface area contributed by atoms with Crippen molar-refractivity contribution < 1.29 is 4.74 Å². The summed E-state index contributed by atoms with van der Waals surface area (Å²) in [5, 5.41) is 27.1. The molecule has 0 spiro atoms. The van der Waals surface area contributed by atoms with E-state index in [-0.39, 0.29) is 11.5 Å². The second kappa shape index (κ2) is 4.49. The van der Waals surface area contributed by atoms with Crippen LogP contribution < -0.4 is 10.5 Å². The number of para-hydroxylation sites is 1. The molecule has 0 fully saturated rings. The zero-order chi connectivity index (χ0) is 13.1. The lowest BCUT2D eigenvalue weighted by Crippen LogP contribution is -2.24. The maximum absolute atomic E-state index is 9.11. The van der Waals surface area contributed by atoms with Gasteiger partial charge in [-0.05, 0) is 6.07 Å². The van der Waals surface area contributed by atoms with Crippen molar-refractivity contribution in [3.8, 4) is 24.0 Å². The van der Waals surface area contributed by atoms with Gasteiger partial charge in [-0.15, -0.1) is 0 Å². The molecule has 1 aromatic rings. The van der Waals surface area contributed by atoms with Crippen LogP contribution in [0.3, 0.4) is 0 Å². The van der Waals surface area contributed by atoms with Crippen molar-refractivity contribution in [2.75, 3.05) is 0 Å². The lowest BCUT2D eigenvalue weighted by Gasteiger charge is -2.26. The molecular formula is C13H8N4O. The molecule has 0 saturated heterocycles. The molecule has 5 nitrogen and oxygen atoms in total. The van der Waals surface area contributed by atoms with E-state index < -0.39 is 11.8 Å². The zero-order valence-corrected chi connectivity index (χ0v) is 9.29. The quantitative estimate of drug-likeness (QED) is 0.795. The molecule has 1 heterocycles. The Hall–Kier alpha value is -2.97. The van der Waals surface area contributed by atoms with Crippen LogP contribution in [0.2, 0.25) is 0 Å². The summed E-state index contributed by atoms with van der Waals surface area (Å²) >= 11 is 0. The molecule has 2 N–H and O–H groups in total. The number of hydrogen-bond acceptors (Lipinski definition) is 5. The molecule has 0 aliphatic carbocycles. The molecule has 0 amide bonds. The number of fused-ring (bicyclic) bond motifs is 1. The SMILES string of the molecule is N#CC1=C(N)Oc2ccccc2[C@@H]1C(C#N)C#N. The highest BCUT2D eigenvalue weighted by molar-refractivity contribution is 5.51. The monoisotopic (exact) mass is 236 g/mol. The molecule has 2 rings (SSSR count). The minimum atomic E-state index is -0.969. The standard InChI is InChI=1S/C13H8N4O/c14-5-8(6-15)12-9-3-1-2-4-11(9)18-13(17)10(12)7-16/h1-4,8,12H,17H2/t12-/m0/s1. The van der Waals surface area contributed by atoms with Crippen molar-refractivity contribution in [1.29, 1.82) is 15.8 Å². The van der Waals surface area contributed by atoms with Crippen LogP contribution in [0.5, 0.6) is 5.75 Å². The lowest BCUT2D eigenvalue weighted by molar-refractivity contribution is 0.383. The Bertz CT molecular complexity index is 628. The number of rotatable bonds is 1. The normalized spacial score (nSPS) is 17.1. The highest BCUT2D eigenvalue weighted by Crippen LogP contribution is 2.41. The largest absolute Gasteiger partial charge is 0.440 e. The number of nitrogens with zero attached hydrogens (tertiary/aromatic N) is 3. The van der Waals surface area contributed by atoms with Crippen LogP contribution in [0.15, 0.2) is 35.7 Å². The minimum absolute atomic E-state index is 0.0447. The third kappa shape index (κ3) is 1.63. The predicted octanol–water partition coefficient (Wildman–Crippen LogP) is 1.52. The first-order valence-electron chi connectivity index (χ1n) is 5.18. The van der Waals surface area contributed by atoms with Crippen molar-refractivity contribution in [2.45, 2.75) is 5.92 Å². The van der Waals surface area contributed by atoms with Crippen molar-refractivity contribution in [3.05, 3.63) is 41.3 Å². The van der Waals surface area contributed by atoms with Crippen molar-refractivity contribution in [2.24, 2.45) is 11.7 Å². The fourth-order valence-corrected chi connectivity index (χ4v) is 1.96. The van der Waals surface area contributed by atoms with Crippen LogP contribution in [0.1, 0.15) is 11.5 Å². The number of nitrogens with two attached hydrogens (primary N) is 1. The number of ether oxygens (including phenoxy) is 1. The fourth-order valence-electron chi connectivity index (χ4n) is 1.96. The Morgan fingerprint density at radius 2 is 1.83 bits per heavy atom. The van der Waals surface area contributed by atoms with Gasteiger partial charge in [0.2, 0.25) is 5.88 Å². The third-order valence-corrected chi connectivity index (χ3v) is 2.78. The molecule has 0 bridgehead atoms. The summed E-state index contributed by atoms with van der Waals surface area (Å²) in [5.41, 5.74) is 6.42. The molecule has 0 saturated carbocycles. The number of benzene rings is 1. The van der Waals surface area contributed by atoms with E-state index in [1.54, 1.807) is 24.3 Å². The molecule has 0 radical (unpaired) electrons. The first-order valence-corrected chi connectivity index (χ1v) is 5.18. The maximum atomic E-state index is 9.11. The summed E-state index contributed by atoms with van der Waals surface area (Å²) in [6, 6.07) is 12.6. The molecule has 1 aromatic carbocycles. The Labute approximate surface area is 104 Å². The average Bonchev–Trinajstić information content (AvgIpc) is 2.40. The zero-order valence-electron chi connectivity index (χ0n) is 9.29. The molecule has 18 heavy (non-hydrogen) atoms. The van der Waals surface area contributed by atoms with Gasteiger partial charge in [0.1, 0.15) is 17.7 Å². The number of nitriles is 3. The van der Waals surface area contributed by atoms with Gasteiger partial charge < -0.3 is 10.5 Å². The van der Waals surface area contributed by atoms with Gasteiger partial charge in [0, 0.05) is 5.56 Å². The first kappa shape index (κ1) is 11.5. The molecule has 1 aliphatic rings. The van der Waals surface area contributed by atoms with Crippen molar-refractivity contribution in [3.63, 3.8) is 0 Å². The Balaban J connectivity index is 2.64. The maximum Gasteiger partial charge on any atom is 0.205 e. The molecule has 5 heteroatoms. The van der Waals surface area contributed by atoms with Gasteiger partial charge in [-0.1, -0.05) is 18.2 Å². The van der Waals surface area contributed by atoms with Gasteiger partial charge in [-0.2, -0.15) is 15.8 Å². The van der Waals surface area contributed by atoms with Crippen LogP contribution >= 0.6 is 0 Å². The topological polar surface area (TPSA) is 107 Å². The summed E-state index contributed by atoms with van der Waals surface area (Å²) in [7, 11) is 0. The van der Waals surface area contributed by atoms with Gasteiger partial charge in [0.25, 0.3) is 0 Å². The second-order valence-corrected chi connectivity index (χ2v) is 3.74. The van der Waals surface area contributed by atoms with Gasteiger partial charge in [0.05, 0.1) is 23.6 Å². The molecular weight excluding hydrogens is 228 g/mol. The van der Waals surface area contributed by atoms with Gasteiger partial charge >= 0.3 is 0 Å². The van der Waals surface area contributed by atoms with Crippen molar-refractivity contribution >= 4 is 0 Å². The minimum Gasteiger partial charge on any atom is -0.440 e. The Kier molecular flexibility index (Phi) is 2.87. The Morgan fingerprint density at radius 3 is 2.44 bits per heavy atom. The molecule has 1 atom stereocenters. The van der Waals surface area contributed by atoms with Gasteiger partial charge in [-0.3, -0.25) is 0 Å². The highest BCUT2D eigenvalue weighted by Gasteiger charge is 2.35. The summed E-state index contributed by atoms with van der Waals surface area (Å²) in [6.07, 6.45) is 0. The molecule has 1 aliphatic heterocycles. The van der Waals surface area contributed by atoms with Crippen LogP contribution in [-0.2, 0) is 0 Å². The van der Waals surface area contributed by atoms with E-state index in [1.165, 1.54) is 0 Å². The van der Waals surface area contributed by atoms with E-state index in [9.17, 15) is 0 Å². The second-order valence-electron chi connectivity index (χ2n) is 3.74. The molecule has 0 unspecified atom stereocenters. The van der Waals surface area contributed by atoms with E-state index in [0.29, 0.717) is 11.3 Å². The fraction of sp³-hybridized carbons (Fsp3) is 0.154. The first-order chi connectivity index (χ1) is 8.72. The number of allylic oxidation sites excluding steroid dienone is 1. The third-order valence-electron chi connectivity index (χ3n) is 2.78. The summed E-state index contributed by atoms with van der Waals surface area (Å²) < 4.78 is 5.32. The van der Waals surface area contributed by atoms with Crippen molar-refractivity contribution in [1.82, 2.24) is 0 Å². The van der Waals surface area contributed by atoms with E-state index in [0.717, 1.165) is 0 Å². The molecule has 86 valence electrons. The van der Waals surface area contributed by atoms with E-state index in [1.807, 2.05) is 18.2 Å². The summed E-state index contributed by atoms with van der Waals surface area (Å²) in [6.45, 7) is 0. The highest BCUT2D eigenvalue weighted by atomic mass is 16.5. The van der Waals surface area contributed by atoms with Crippen LogP contribution in [0.4, 0.5) is 0 Å². The van der Waals surface area contributed by atoms with Gasteiger partial charge in [0.15, 0.2) is 0 Å². The smallest absolute Gasteiger partial charge is 0.205 e. The summed E-state index contributed by atoms with van der Waals surface area (Å²) in [4.78, 5) is 0.